The Morgan fingerprint density at radius 1 is 1.08 bits per heavy atom. The van der Waals surface area contributed by atoms with E-state index in [-0.39, 0.29) is 23.5 Å². The fourth-order valence-electron chi connectivity index (χ4n) is 2.33. The van der Waals surface area contributed by atoms with Crippen LogP contribution in [0.4, 0.5) is 18.9 Å². The molecule has 0 bridgehead atoms. The first kappa shape index (κ1) is 19.9. The zero-order valence-corrected chi connectivity index (χ0v) is 14.9. The molecule has 0 fully saturated rings. The van der Waals surface area contributed by atoms with Crippen LogP contribution < -0.4 is 9.62 Å². The third kappa shape index (κ3) is 4.41. The topological polar surface area (TPSA) is 66.5 Å². The monoisotopic (exact) mass is 386 g/mol. The molecule has 9 heteroatoms. The number of para-hydroxylation sites is 1. The van der Waals surface area contributed by atoms with Crippen LogP contribution in [0, 0.1) is 24.4 Å². The van der Waals surface area contributed by atoms with Crippen molar-refractivity contribution in [2.24, 2.45) is 0 Å². The van der Waals surface area contributed by atoms with E-state index < -0.39 is 39.1 Å². The molecule has 0 saturated heterocycles. The van der Waals surface area contributed by atoms with E-state index in [1.165, 1.54) is 6.92 Å². The van der Waals surface area contributed by atoms with Crippen molar-refractivity contribution in [2.45, 2.75) is 18.7 Å². The van der Waals surface area contributed by atoms with Gasteiger partial charge in [-0.3, -0.25) is 4.79 Å². The van der Waals surface area contributed by atoms with Crippen LogP contribution in [-0.4, -0.2) is 27.4 Å². The molecule has 0 aromatic heterocycles. The van der Waals surface area contributed by atoms with Crippen LogP contribution in [0.5, 0.6) is 0 Å². The van der Waals surface area contributed by atoms with Gasteiger partial charge in [-0.05, 0) is 42.8 Å². The summed E-state index contributed by atoms with van der Waals surface area (Å²) in [6.45, 7) is 1.97. The molecule has 0 unspecified atom stereocenters. The van der Waals surface area contributed by atoms with Gasteiger partial charge in [0.1, 0.15) is 23.1 Å². The normalized spacial score (nSPS) is 11.4. The maximum atomic E-state index is 13.9. The van der Waals surface area contributed by atoms with E-state index in [4.69, 9.17) is 0 Å². The Labute approximate surface area is 149 Å². The minimum absolute atomic E-state index is 0.150. The van der Waals surface area contributed by atoms with Gasteiger partial charge in [-0.1, -0.05) is 6.07 Å². The third-order valence-corrected chi connectivity index (χ3v) is 5.11. The fourth-order valence-corrected chi connectivity index (χ4v) is 3.44. The highest BCUT2D eigenvalue weighted by Crippen LogP contribution is 2.23. The van der Waals surface area contributed by atoms with E-state index in [1.807, 2.05) is 0 Å². The summed E-state index contributed by atoms with van der Waals surface area (Å²) in [4.78, 5) is 12.4. The molecule has 0 atom stereocenters. The number of sulfonamides is 1. The Balaban J connectivity index is 2.15. The average molecular weight is 386 g/mol. The van der Waals surface area contributed by atoms with Crippen molar-refractivity contribution in [3.05, 3.63) is 59.4 Å². The van der Waals surface area contributed by atoms with Gasteiger partial charge in [0.05, 0.1) is 4.90 Å². The lowest BCUT2D eigenvalue weighted by atomic mass is 10.2. The summed E-state index contributed by atoms with van der Waals surface area (Å²) in [5, 5.41) is 0. The van der Waals surface area contributed by atoms with Gasteiger partial charge in [0, 0.05) is 20.0 Å². The lowest BCUT2D eigenvalue weighted by Gasteiger charge is -2.22. The highest BCUT2D eigenvalue weighted by Gasteiger charge is 2.21. The van der Waals surface area contributed by atoms with Crippen molar-refractivity contribution >= 4 is 21.6 Å². The zero-order chi connectivity index (χ0) is 19.5. The summed E-state index contributed by atoms with van der Waals surface area (Å²) in [6.07, 6.45) is 0. The van der Waals surface area contributed by atoms with E-state index in [1.54, 1.807) is 0 Å². The molecule has 0 aliphatic heterocycles. The van der Waals surface area contributed by atoms with Crippen LogP contribution in [-0.2, 0) is 14.8 Å². The van der Waals surface area contributed by atoms with Gasteiger partial charge in [-0.25, -0.2) is 26.3 Å². The van der Waals surface area contributed by atoms with Gasteiger partial charge < -0.3 is 4.90 Å². The molecule has 0 heterocycles. The molecular formula is C17H17F3N2O3S. The first-order valence-electron chi connectivity index (χ1n) is 7.61. The van der Waals surface area contributed by atoms with Gasteiger partial charge >= 0.3 is 0 Å². The molecule has 0 radical (unpaired) electrons. The molecule has 26 heavy (non-hydrogen) atoms. The smallest absolute Gasteiger partial charge is 0.240 e. The summed E-state index contributed by atoms with van der Waals surface area (Å²) < 4.78 is 67.7. The molecule has 0 saturated carbocycles. The molecule has 2 aromatic carbocycles. The van der Waals surface area contributed by atoms with Gasteiger partial charge in [0.15, 0.2) is 0 Å². The Morgan fingerprint density at radius 3 is 2.23 bits per heavy atom. The molecule has 0 spiro atoms. The number of nitrogens with one attached hydrogen (secondary N) is 1. The maximum Gasteiger partial charge on any atom is 0.240 e. The summed E-state index contributed by atoms with van der Waals surface area (Å²) in [7, 11) is -3.97. The average Bonchev–Trinajstić information content (AvgIpc) is 2.55. The number of halogens is 3. The fraction of sp³-hybridized carbons (Fsp3) is 0.235. The number of carbonyl (C=O) groups is 1. The van der Waals surface area contributed by atoms with Crippen LogP contribution in [0.2, 0.25) is 0 Å². The second-order valence-electron chi connectivity index (χ2n) is 5.55. The molecule has 2 aromatic rings. The third-order valence-electron chi connectivity index (χ3n) is 3.65. The summed E-state index contributed by atoms with van der Waals surface area (Å²) >= 11 is 0. The number of nitrogens with zero attached hydrogens (tertiary/aromatic N) is 1. The number of hydrogen-bond donors (Lipinski definition) is 1. The van der Waals surface area contributed by atoms with Gasteiger partial charge in [-0.15, -0.1) is 0 Å². The Kier molecular flexibility index (Phi) is 6.04. The van der Waals surface area contributed by atoms with Gasteiger partial charge in [0.2, 0.25) is 15.9 Å². The molecule has 0 aliphatic carbocycles. The summed E-state index contributed by atoms with van der Waals surface area (Å²) in [5.41, 5.74) is -0.386. The number of amides is 1. The van der Waals surface area contributed by atoms with Crippen molar-refractivity contribution < 1.29 is 26.4 Å². The van der Waals surface area contributed by atoms with Crippen molar-refractivity contribution in [1.29, 1.82) is 0 Å². The SMILES string of the molecule is CC(=O)N(CCNS(=O)(=O)c1ccc(F)c(C)c1)c1c(F)cccc1F. The number of aryl methyl sites for hydroxylation is 1. The first-order valence-corrected chi connectivity index (χ1v) is 9.09. The molecule has 140 valence electrons. The number of benzene rings is 2. The molecule has 1 N–H and O–H groups in total. The summed E-state index contributed by atoms with van der Waals surface area (Å²) in [6, 6.07) is 6.45. The highest BCUT2D eigenvalue weighted by atomic mass is 32.2. The van der Waals surface area contributed by atoms with Crippen LogP contribution in [0.3, 0.4) is 0 Å². The highest BCUT2D eigenvalue weighted by molar-refractivity contribution is 7.89. The predicted octanol–water partition coefficient (Wildman–Crippen LogP) is 2.74. The zero-order valence-electron chi connectivity index (χ0n) is 14.1. The van der Waals surface area contributed by atoms with Crippen LogP contribution >= 0.6 is 0 Å². The lowest BCUT2D eigenvalue weighted by molar-refractivity contribution is -0.116. The van der Waals surface area contributed by atoms with E-state index in [9.17, 15) is 26.4 Å². The number of anilines is 1. The van der Waals surface area contributed by atoms with E-state index in [0.29, 0.717) is 0 Å². The maximum absolute atomic E-state index is 13.9. The van der Waals surface area contributed by atoms with E-state index >= 15 is 0 Å². The van der Waals surface area contributed by atoms with Gasteiger partial charge in [-0.2, -0.15) is 0 Å². The van der Waals surface area contributed by atoms with Crippen molar-refractivity contribution in [2.75, 3.05) is 18.0 Å². The van der Waals surface area contributed by atoms with Gasteiger partial charge in [0.25, 0.3) is 0 Å². The number of rotatable bonds is 6. The Morgan fingerprint density at radius 2 is 1.69 bits per heavy atom. The molecule has 2 rings (SSSR count). The Hall–Kier alpha value is -2.39. The van der Waals surface area contributed by atoms with Crippen molar-refractivity contribution in [3.8, 4) is 0 Å². The van der Waals surface area contributed by atoms with Crippen LogP contribution in [0.15, 0.2) is 41.3 Å². The molecular weight excluding hydrogens is 369 g/mol. The standard InChI is InChI=1S/C17H17F3N2O3S/c1-11-10-13(6-7-14(11)18)26(24,25)21-8-9-22(12(2)23)17-15(19)4-3-5-16(17)20/h3-7,10,21H,8-9H2,1-2H3. The number of carbonyl (C=O) groups excluding carboxylic acids is 1. The second-order valence-corrected chi connectivity index (χ2v) is 7.32. The number of hydrogen-bond acceptors (Lipinski definition) is 3. The van der Waals surface area contributed by atoms with Crippen molar-refractivity contribution in [1.82, 2.24) is 4.72 Å². The minimum Gasteiger partial charge on any atom is -0.306 e. The quantitative estimate of drug-likeness (QED) is 0.830. The predicted molar refractivity (Wildman–Crippen MR) is 90.7 cm³/mol. The Bertz CT molecular complexity index is 913. The molecule has 0 aliphatic rings. The van der Waals surface area contributed by atoms with Crippen LogP contribution in [0.25, 0.3) is 0 Å². The first-order chi connectivity index (χ1) is 12.1. The van der Waals surface area contributed by atoms with Crippen molar-refractivity contribution in [3.63, 3.8) is 0 Å². The second kappa shape index (κ2) is 7.88. The summed E-state index contributed by atoms with van der Waals surface area (Å²) in [5.74, 6) is -3.05. The lowest BCUT2D eigenvalue weighted by Crippen LogP contribution is -2.38. The molecule has 5 nitrogen and oxygen atoms in total. The molecule has 1 amide bonds. The minimum atomic E-state index is -3.97. The van der Waals surface area contributed by atoms with E-state index in [0.717, 1.165) is 48.2 Å². The largest absolute Gasteiger partial charge is 0.306 e. The van der Waals surface area contributed by atoms with Crippen LogP contribution in [0.1, 0.15) is 12.5 Å². The van der Waals surface area contributed by atoms with E-state index in [2.05, 4.69) is 4.72 Å².